The van der Waals surface area contributed by atoms with Crippen molar-refractivity contribution >= 4 is 11.8 Å². The first-order chi connectivity index (χ1) is 14.1. The van der Waals surface area contributed by atoms with Gasteiger partial charge < -0.3 is 15.8 Å². The molecule has 5 nitrogen and oxygen atoms in total. The van der Waals surface area contributed by atoms with Crippen LogP contribution < -0.4 is 15.8 Å². The summed E-state index contributed by atoms with van der Waals surface area (Å²) < 4.78 is 5.23. The normalized spacial score (nSPS) is 13.3. The number of amides is 2. The molecule has 0 bridgehead atoms. The lowest BCUT2D eigenvalue weighted by Crippen LogP contribution is -2.47. The van der Waals surface area contributed by atoms with E-state index in [0.717, 1.165) is 27.8 Å². The molecule has 0 radical (unpaired) electrons. The van der Waals surface area contributed by atoms with Crippen molar-refractivity contribution in [2.75, 3.05) is 7.11 Å². The third-order valence-corrected chi connectivity index (χ3v) is 5.33. The molecule has 0 saturated heterocycles. The van der Waals surface area contributed by atoms with Crippen LogP contribution in [0.2, 0.25) is 0 Å². The largest absolute Gasteiger partial charge is 0.497 e. The number of nitrogens with two attached hydrogens (primary N) is 1. The zero-order valence-corrected chi connectivity index (χ0v) is 16.1. The molecule has 1 aliphatic carbocycles. The third kappa shape index (κ3) is 3.59. The minimum atomic E-state index is -0.811. The van der Waals surface area contributed by atoms with E-state index in [-0.39, 0.29) is 5.91 Å². The van der Waals surface area contributed by atoms with Crippen molar-refractivity contribution in [3.63, 3.8) is 0 Å². The molecular formula is C24H22N2O3. The molecule has 2 amide bonds. The highest BCUT2D eigenvalue weighted by Gasteiger charge is 2.34. The van der Waals surface area contributed by atoms with Crippen LogP contribution in [0.5, 0.6) is 5.75 Å². The standard InChI is InChI=1S/C24H22N2O3/c1-29-16-8-6-7-15(13-16)14-21(23(25)27)26-24(28)22-19-11-4-2-9-17(19)18-10-3-5-12-20(18)22/h2-13,21-22H,14H2,1H3,(H2,25,27)(H,26,28)/t21-/m0/s1. The number of ether oxygens (including phenoxy) is 1. The first kappa shape index (κ1) is 18.7. The van der Waals surface area contributed by atoms with Gasteiger partial charge in [-0.2, -0.15) is 0 Å². The summed E-state index contributed by atoms with van der Waals surface area (Å²) >= 11 is 0. The zero-order chi connectivity index (χ0) is 20.4. The summed E-state index contributed by atoms with van der Waals surface area (Å²) in [5, 5.41) is 2.87. The van der Waals surface area contributed by atoms with Crippen molar-refractivity contribution in [1.29, 1.82) is 0 Å². The molecule has 5 heteroatoms. The van der Waals surface area contributed by atoms with Gasteiger partial charge in [-0.15, -0.1) is 0 Å². The van der Waals surface area contributed by atoms with E-state index in [9.17, 15) is 9.59 Å². The highest BCUT2D eigenvalue weighted by Crippen LogP contribution is 2.44. The fraction of sp³-hybridized carbons (Fsp3) is 0.167. The van der Waals surface area contributed by atoms with Gasteiger partial charge in [0.1, 0.15) is 11.8 Å². The smallest absolute Gasteiger partial charge is 0.240 e. The summed E-state index contributed by atoms with van der Waals surface area (Å²) in [4.78, 5) is 25.3. The van der Waals surface area contributed by atoms with Crippen LogP contribution in [0.25, 0.3) is 11.1 Å². The van der Waals surface area contributed by atoms with E-state index < -0.39 is 17.9 Å². The summed E-state index contributed by atoms with van der Waals surface area (Å²) in [6.45, 7) is 0. The van der Waals surface area contributed by atoms with Gasteiger partial charge in [0.2, 0.25) is 11.8 Å². The predicted molar refractivity (Wildman–Crippen MR) is 112 cm³/mol. The number of carbonyl (C=O) groups excluding carboxylic acids is 2. The molecule has 0 aromatic heterocycles. The minimum absolute atomic E-state index is 0.228. The van der Waals surface area contributed by atoms with Crippen LogP contribution in [0, 0.1) is 0 Å². The first-order valence-electron chi connectivity index (χ1n) is 9.49. The average Bonchev–Trinajstić information content (AvgIpc) is 3.08. The van der Waals surface area contributed by atoms with Crippen molar-refractivity contribution in [3.05, 3.63) is 89.5 Å². The Morgan fingerprint density at radius 1 is 0.966 bits per heavy atom. The number of rotatable bonds is 6. The molecule has 29 heavy (non-hydrogen) atoms. The molecule has 0 aliphatic heterocycles. The third-order valence-electron chi connectivity index (χ3n) is 5.33. The minimum Gasteiger partial charge on any atom is -0.497 e. The fourth-order valence-electron chi connectivity index (χ4n) is 3.95. The summed E-state index contributed by atoms with van der Waals surface area (Å²) in [7, 11) is 1.58. The van der Waals surface area contributed by atoms with Gasteiger partial charge in [0.05, 0.1) is 13.0 Å². The molecule has 0 unspecified atom stereocenters. The molecule has 1 atom stereocenters. The Balaban J connectivity index is 1.61. The van der Waals surface area contributed by atoms with Gasteiger partial charge in [-0.25, -0.2) is 0 Å². The van der Waals surface area contributed by atoms with Crippen LogP contribution >= 0.6 is 0 Å². The summed E-state index contributed by atoms with van der Waals surface area (Å²) in [6.07, 6.45) is 0.300. The number of benzene rings is 3. The lowest BCUT2D eigenvalue weighted by atomic mass is 9.95. The van der Waals surface area contributed by atoms with Crippen molar-refractivity contribution in [2.24, 2.45) is 5.73 Å². The first-order valence-corrected chi connectivity index (χ1v) is 9.49. The van der Waals surface area contributed by atoms with E-state index in [0.29, 0.717) is 12.2 Å². The highest BCUT2D eigenvalue weighted by atomic mass is 16.5. The van der Waals surface area contributed by atoms with Crippen LogP contribution in [-0.2, 0) is 16.0 Å². The topological polar surface area (TPSA) is 81.4 Å². The van der Waals surface area contributed by atoms with E-state index in [1.165, 1.54) is 0 Å². The van der Waals surface area contributed by atoms with Crippen LogP contribution in [-0.4, -0.2) is 25.0 Å². The fourth-order valence-corrected chi connectivity index (χ4v) is 3.95. The average molecular weight is 386 g/mol. The van der Waals surface area contributed by atoms with Gasteiger partial charge >= 0.3 is 0 Å². The highest BCUT2D eigenvalue weighted by molar-refractivity contribution is 5.98. The second kappa shape index (κ2) is 7.80. The Bertz CT molecular complexity index is 1030. The number of primary amides is 1. The van der Waals surface area contributed by atoms with E-state index in [4.69, 9.17) is 10.5 Å². The monoisotopic (exact) mass is 386 g/mol. The van der Waals surface area contributed by atoms with Crippen LogP contribution in [0.1, 0.15) is 22.6 Å². The number of methoxy groups -OCH3 is 1. The Labute approximate surface area is 169 Å². The summed E-state index contributed by atoms with van der Waals surface area (Å²) in [6, 6.07) is 22.3. The molecular weight excluding hydrogens is 364 g/mol. The maximum absolute atomic E-state index is 13.3. The molecule has 3 aromatic carbocycles. The van der Waals surface area contributed by atoms with Gasteiger partial charge in [-0.1, -0.05) is 60.7 Å². The van der Waals surface area contributed by atoms with Crippen molar-refractivity contribution < 1.29 is 14.3 Å². The van der Waals surface area contributed by atoms with Crippen LogP contribution in [0.15, 0.2) is 72.8 Å². The molecule has 0 heterocycles. The van der Waals surface area contributed by atoms with Gasteiger partial charge in [0, 0.05) is 6.42 Å². The molecule has 0 spiro atoms. The Kier molecular flexibility index (Phi) is 5.04. The number of hydrogen-bond acceptors (Lipinski definition) is 3. The number of hydrogen-bond donors (Lipinski definition) is 2. The van der Waals surface area contributed by atoms with Crippen molar-refractivity contribution in [1.82, 2.24) is 5.32 Å². The second-order valence-electron chi connectivity index (χ2n) is 7.13. The second-order valence-corrected chi connectivity index (χ2v) is 7.13. The Morgan fingerprint density at radius 2 is 1.59 bits per heavy atom. The summed E-state index contributed by atoms with van der Waals surface area (Å²) in [5.74, 6) is -0.569. The van der Waals surface area contributed by atoms with Gasteiger partial charge in [-0.05, 0) is 39.9 Å². The SMILES string of the molecule is COc1cccc(C[C@H](NC(=O)C2c3ccccc3-c3ccccc32)C(N)=O)c1. The lowest BCUT2D eigenvalue weighted by Gasteiger charge is -2.20. The number of carbonyl (C=O) groups is 2. The Hall–Kier alpha value is -3.60. The van der Waals surface area contributed by atoms with E-state index in [1.54, 1.807) is 7.11 Å². The van der Waals surface area contributed by atoms with Gasteiger partial charge in [-0.3, -0.25) is 9.59 Å². The van der Waals surface area contributed by atoms with Crippen molar-refractivity contribution in [3.8, 4) is 16.9 Å². The molecule has 146 valence electrons. The molecule has 1 aliphatic rings. The van der Waals surface area contributed by atoms with E-state index in [1.807, 2.05) is 72.8 Å². The number of nitrogens with one attached hydrogen (secondary N) is 1. The quantitative estimate of drug-likeness (QED) is 0.683. The summed E-state index contributed by atoms with van der Waals surface area (Å²) in [5.41, 5.74) is 10.4. The van der Waals surface area contributed by atoms with Crippen LogP contribution in [0.3, 0.4) is 0 Å². The molecule has 3 N–H and O–H groups in total. The maximum atomic E-state index is 13.3. The van der Waals surface area contributed by atoms with Crippen LogP contribution in [0.4, 0.5) is 0 Å². The molecule has 0 fully saturated rings. The lowest BCUT2D eigenvalue weighted by molar-refractivity contribution is -0.127. The molecule has 3 aromatic rings. The zero-order valence-electron chi connectivity index (χ0n) is 16.1. The molecule has 0 saturated carbocycles. The van der Waals surface area contributed by atoms with Gasteiger partial charge in [0.25, 0.3) is 0 Å². The van der Waals surface area contributed by atoms with Crippen molar-refractivity contribution in [2.45, 2.75) is 18.4 Å². The van der Waals surface area contributed by atoms with E-state index >= 15 is 0 Å². The number of fused-ring (bicyclic) bond motifs is 3. The van der Waals surface area contributed by atoms with E-state index in [2.05, 4.69) is 5.32 Å². The predicted octanol–water partition coefficient (Wildman–Crippen LogP) is 3.02. The maximum Gasteiger partial charge on any atom is 0.240 e. The van der Waals surface area contributed by atoms with Gasteiger partial charge in [0.15, 0.2) is 0 Å². The Morgan fingerprint density at radius 3 is 2.17 bits per heavy atom. The molecule has 4 rings (SSSR count).